The molecule has 0 bridgehead atoms. The first-order chi connectivity index (χ1) is 10.1. The highest BCUT2D eigenvalue weighted by Gasteiger charge is 2.20. The second kappa shape index (κ2) is 6.39. The summed E-state index contributed by atoms with van der Waals surface area (Å²) in [5.74, 6) is -1.89. The number of aryl methyl sites for hydroxylation is 1. The van der Waals surface area contributed by atoms with Gasteiger partial charge in [-0.25, -0.2) is 9.18 Å². The Morgan fingerprint density at radius 2 is 2.14 bits per heavy atom. The summed E-state index contributed by atoms with van der Waals surface area (Å²) >= 11 is 0. The van der Waals surface area contributed by atoms with Gasteiger partial charge in [0, 0.05) is 17.1 Å². The molecule has 5 nitrogen and oxygen atoms in total. The molecule has 2 rings (SSSR count). The van der Waals surface area contributed by atoms with Crippen molar-refractivity contribution in [2.24, 2.45) is 0 Å². The zero-order valence-corrected chi connectivity index (χ0v) is 11.6. The Labute approximate surface area is 121 Å². The fourth-order valence-corrected chi connectivity index (χ4v) is 2.30. The number of rotatable bonds is 6. The monoisotopic (exact) mass is 292 g/mol. The van der Waals surface area contributed by atoms with E-state index in [1.54, 1.807) is 6.20 Å². The van der Waals surface area contributed by atoms with Crippen molar-refractivity contribution in [3.8, 4) is 0 Å². The Morgan fingerprint density at radius 1 is 1.38 bits per heavy atom. The highest BCUT2D eigenvalue weighted by atomic mass is 19.1. The fourth-order valence-electron chi connectivity index (χ4n) is 2.30. The maximum atomic E-state index is 12.5. The molecule has 0 fully saturated rings. The van der Waals surface area contributed by atoms with E-state index in [4.69, 9.17) is 5.11 Å². The molecule has 0 radical (unpaired) electrons. The molecule has 3 N–H and O–H groups in total. The lowest BCUT2D eigenvalue weighted by Gasteiger charge is -2.10. The van der Waals surface area contributed by atoms with Gasteiger partial charge in [0.2, 0.25) is 5.91 Å². The molecule has 0 aliphatic rings. The van der Waals surface area contributed by atoms with Crippen LogP contribution in [0.5, 0.6) is 0 Å². The van der Waals surface area contributed by atoms with Gasteiger partial charge in [0.15, 0.2) is 6.04 Å². The van der Waals surface area contributed by atoms with Gasteiger partial charge in [0.1, 0.15) is 6.67 Å². The molecule has 0 aliphatic carbocycles. The molecule has 0 spiro atoms. The average Bonchev–Trinajstić information content (AvgIpc) is 2.87. The molecule has 1 aromatic heterocycles. The summed E-state index contributed by atoms with van der Waals surface area (Å²) in [4.78, 5) is 25.7. The summed E-state index contributed by atoms with van der Waals surface area (Å²) in [7, 11) is 0. The van der Waals surface area contributed by atoms with Crippen molar-refractivity contribution < 1.29 is 19.1 Å². The first-order valence-corrected chi connectivity index (χ1v) is 6.72. The number of hydrogen-bond donors (Lipinski definition) is 3. The van der Waals surface area contributed by atoms with Crippen LogP contribution in [0.4, 0.5) is 4.39 Å². The van der Waals surface area contributed by atoms with E-state index in [0.717, 1.165) is 28.5 Å². The summed E-state index contributed by atoms with van der Waals surface area (Å²) in [6, 6.07) is 4.33. The lowest BCUT2D eigenvalue weighted by molar-refractivity contribution is -0.142. The average molecular weight is 292 g/mol. The number of amides is 1. The Kier molecular flexibility index (Phi) is 4.57. The van der Waals surface area contributed by atoms with Crippen molar-refractivity contribution in [2.45, 2.75) is 25.8 Å². The number of H-pyrrole nitrogens is 1. The lowest BCUT2D eigenvalue weighted by Crippen LogP contribution is -2.42. The molecule has 2 aromatic rings. The van der Waals surface area contributed by atoms with E-state index in [1.807, 2.05) is 25.1 Å². The smallest absolute Gasteiger partial charge is 0.328 e. The second-order valence-electron chi connectivity index (χ2n) is 4.80. The molecule has 1 unspecified atom stereocenters. The number of aromatic amines is 1. The van der Waals surface area contributed by atoms with Crippen LogP contribution in [0.3, 0.4) is 0 Å². The fraction of sp³-hybridized carbons (Fsp3) is 0.333. The Hall–Kier alpha value is -2.37. The highest BCUT2D eigenvalue weighted by molar-refractivity contribution is 5.91. The predicted octanol–water partition coefficient (Wildman–Crippen LogP) is 1.81. The number of carbonyl (C=O) groups excluding carboxylic acids is 1. The van der Waals surface area contributed by atoms with E-state index in [9.17, 15) is 14.0 Å². The number of alkyl halides is 1. The van der Waals surface area contributed by atoms with Gasteiger partial charge in [-0.05, 0) is 17.5 Å². The first kappa shape index (κ1) is 15.0. The van der Waals surface area contributed by atoms with Crippen molar-refractivity contribution in [1.82, 2.24) is 10.3 Å². The van der Waals surface area contributed by atoms with Crippen molar-refractivity contribution >= 4 is 22.8 Å². The van der Waals surface area contributed by atoms with Crippen LogP contribution < -0.4 is 5.32 Å². The zero-order chi connectivity index (χ0) is 15.4. The van der Waals surface area contributed by atoms with Gasteiger partial charge in [0.05, 0.1) is 6.42 Å². The van der Waals surface area contributed by atoms with Crippen LogP contribution >= 0.6 is 0 Å². The number of halogens is 1. The molecule has 1 amide bonds. The van der Waals surface area contributed by atoms with Gasteiger partial charge < -0.3 is 15.4 Å². The summed E-state index contributed by atoms with van der Waals surface area (Å²) in [5, 5.41) is 11.8. The van der Waals surface area contributed by atoms with Crippen LogP contribution in [-0.2, 0) is 22.4 Å². The van der Waals surface area contributed by atoms with Gasteiger partial charge in [-0.3, -0.25) is 4.79 Å². The van der Waals surface area contributed by atoms with Crippen molar-refractivity contribution in [2.75, 3.05) is 6.67 Å². The number of carboxylic acids is 1. The predicted molar refractivity (Wildman–Crippen MR) is 76.9 cm³/mol. The number of aromatic nitrogens is 1. The van der Waals surface area contributed by atoms with Gasteiger partial charge in [0.25, 0.3) is 0 Å². The van der Waals surface area contributed by atoms with Crippen molar-refractivity contribution in [1.29, 1.82) is 0 Å². The minimum atomic E-state index is -1.49. The van der Waals surface area contributed by atoms with Crippen LogP contribution in [-0.4, -0.2) is 34.7 Å². The summed E-state index contributed by atoms with van der Waals surface area (Å²) in [5.41, 5.74) is 2.88. The number of carboxylic acid groups (broad SMARTS) is 1. The molecule has 1 aromatic carbocycles. The molecular weight excluding hydrogens is 275 g/mol. The van der Waals surface area contributed by atoms with Crippen LogP contribution in [0.2, 0.25) is 0 Å². The number of benzene rings is 1. The van der Waals surface area contributed by atoms with E-state index in [2.05, 4.69) is 10.3 Å². The molecule has 21 heavy (non-hydrogen) atoms. The molecule has 1 heterocycles. The van der Waals surface area contributed by atoms with Crippen LogP contribution in [0.1, 0.15) is 18.1 Å². The second-order valence-corrected chi connectivity index (χ2v) is 4.80. The van der Waals surface area contributed by atoms with E-state index >= 15 is 0 Å². The summed E-state index contributed by atoms with van der Waals surface area (Å²) in [6.07, 6.45) is 2.61. The van der Waals surface area contributed by atoms with Gasteiger partial charge in [-0.15, -0.1) is 0 Å². The molecule has 0 saturated carbocycles. The molecule has 6 heteroatoms. The van der Waals surface area contributed by atoms with E-state index in [1.165, 1.54) is 0 Å². The van der Waals surface area contributed by atoms with Gasteiger partial charge in [-0.2, -0.15) is 0 Å². The third kappa shape index (κ3) is 3.21. The van der Waals surface area contributed by atoms with Crippen LogP contribution in [0.15, 0.2) is 24.4 Å². The summed E-state index contributed by atoms with van der Waals surface area (Å²) in [6.45, 7) is 0.912. The largest absolute Gasteiger partial charge is 0.480 e. The molecule has 0 aliphatic heterocycles. The van der Waals surface area contributed by atoms with Gasteiger partial charge in [-0.1, -0.05) is 25.1 Å². The number of para-hydroxylation sites is 1. The third-order valence-electron chi connectivity index (χ3n) is 3.41. The standard InChI is InChI=1S/C15H17FN2O3/c1-2-9-4-3-5-11-10(8-17-14(9)11)6-13(19)18-12(7-16)15(20)21/h3-5,8,12,17H,2,6-7H2,1H3,(H,18,19)(H,20,21). The zero-order valence-electron chi connectivity index (χ0n) is 11.6. The van der Waals surface area contributed by atoms with E-state index in [0.29, 0.717) is 0 Å². The number of hydrogen-bond acceptors (Lipinski definition) is 2. The summed E-state index contributed by atoms with van der Waals surface area (Å²) < 4.78 is 12.5. The maximum Gasteiger partial charge on any atom is 0.328 e. The Balaban J connectivity index is 2.17. The van der Waals surface area contributed by atoms with Gasteiger partial charge >= 0.3 is 5.97 Å². The number of aliphatic carboxylic acids is 1. The van der Waals surface area contributed by atoms with Crippen LogP contribution in [0.25, 0.3) is 10.9 Å². The van der Waals surface area contributed by atoms with E-state index < -0.39 is 24.6 Å². The Bertz CT molecular complexity index is 666. The normalized spacial score (nSPS) is 12.3. The maximum absolute atomic E-state index is 12.5. The molecular formula is C15H17FN2O3. The minimum Gasteiger partial charge on any atom is -0.480 e. The topological polar surface area (TPSA) is 82.2 Å². The van der Waals surface area contributed by atoms with Crippen molar-refractivity contribution in [3.05, 3.63) is 35.5 Å². The first-order valence-electron chi connectivity index (χ1n) is 6.72. The van der Waals surface area contributed by atoms with E-state index in [-0.39, 0.29) is 6.42 Å². The highest BCUT2D eigenvalue weighted by Crippen LogP contribution is 2.22. The molecule has 112 valence electrons. The molecule has 1 atom stereocenters. The van der Waals surface area contributed by atoms with Crippen molar-refractivity contribution in [3.63, 3.8) is 0 Å². The minimum absolute atomic E-state index is 0.0109. The quantitative estimate of drug-likeness (QED) is 0.759. The SMILES string of the molecule is CCc1cccc2c(CC(=O)NC(CF)C(=O)O)c[nH]c12. The molecule has 0 saturated heterocycles. The number of nitrogens with one attached hydrogen (secondary N) is 2. The number of fused-ring (bicyclic) bond motifs is 1. The lowest BCUT2D eigenvalue weighted by atomic mass is 10.1. The van der Waals surface area contributed by atoms with Crippen LogP contribution in [0, 0.1) is 0 Å². The third-order valence-corrected chi connectivity index (χ3v) is 3.41. The number of carbonyl (C=O) groups is 2. The Morgan fingerprint density at radius 3 is 2.76 bits per heavy atom.